The number of hydrogen-bond acceptors (Lipinski definition) is 5. The van der Waals surface area contributed by atoms with E-state index in [0.717, 1.165) is 61.7 Å². The van der Waals surface area contributed by atoms with Gasteiger partial charge in [0.1, 0.15) is 0 Å². The Hall–Kier alpha value is -3.42. The lowest BCUT2D eigenvalue weighted by Crippen LogP contribution is -2.45. The number of nitrogens with zero attached hydrogens (tertiary/aromatic N) is 5. The van der Waals surface area contributed by atoms with E-state index in [-0.39, 0.29) is 17.9 Å². The molecule has 2 saturated heterocycles. The largest absolute Gasteiger partial charge is 0.349 e. The molecule has 0 saturated carbocycles. The number of carbonyl (C=O) groups excluding carboxylic acids is 2. The minimum absolute atomic E-state index is 0.0840. The zero-order valence-corrected chi connectivity index (χ0v) is 17.6. The van der Waals surface area contributed by atoms with E-state index >= 15 is 0 Å². The van der Waals surface area contributed by atoms with Crippen molar-refractivity contribution in [3.05, 3.63) is 53.7 Å². The quantitative estimate of drug-likeness (QED) is 0.704. The van der Waals surface area contributed by atoms with Crippen molar-refractivity contribution in [2.75, 3.05) is 29.4 Å². The number of fused-ring (bicyclic) bond motifs is 1. The first-order chi connectivity index (χ1) is 15.1. The summed E-state index contributed by atoms with van der Waals surface area (Å²) < 4.78 is 1.99. The van der Waals surface area contributed by atoms with Crippen LogP contribution in [0.3, 0.4) is 0 Å². The van der Waals surface area contributed by atoms with Gasteiger partial charge in [-0.3, -0.25) is 14.0 Å². The van der Waals surface area contributed by atoms with E-state index in [2.05, 4.69) is 20.4 Å². The second-order valence-corrected chi connectivity index (χ2v) is 8.31. The SMILES string of the molecule is Cc1ccc(C(=O)NC2CCN(c3nnc4ccccn34)CC2)cc1N1CCCC1=O. The first kappa shape index (κ1) is 19.5. The highest BCUT2D eigenvalue weighted by atomic mass is 16.2. The number of benzene rings is 1. The monoisotopic (exact) mass is 418 g/mol. The molecule has 2 aliphatic heterocycles. The Morgan fingerprint density at radius 2 is 1.94 bits per heavy atom. The Bertz CT molecular complexity index is 1130. The molecule has 0 spiro atoms. The molecule has 8 nitrogen and oxygen atoms in total. The van der Waals surface area contributed by atoms with Gasteiger partial charge < -0.3 is 15.1 Å². The number of anilines is 2. The van der Waals surface area contributed by atoms with Gasteiger partial charge in [-0.15, -0.1) is 10.2 Å². The van der Waals surface area contributed by atoms with E-state index in [4.69, 9.17) is 0 Å². The summed E-state index contributed by atoms with van der Waals surface area (Å²) in [6.45, 7) is 4.32. The summed E-state index contributed by atoms with van der Waals surface area (Å²) in [5, 5.41) is 11.7. The van der Waals surface area contributed by atoms with Gasteiger partial charge in [-0.25, -0.2) is 0 Å². The molecule has 8 heteroatoms. The average Bonchev–Trinajstić information content (AvgIpc) is 3.41. The number of rotatable bonds is 4. The molecular weight excluding hydrogens is 392 g/mol. The van der Waals surface area contributed by atoms with Crippen molar-refractivity contribution in [2.24, 2.45) is 0 Å². The highest BCUT2D eigenvalue weighted by Gasteiger charge is 2.26. The molecule has 2 fully saturated rings. The molecule has 0 radical (unpaired) electrons. The van der Waals surface area contributed by atoms with Gasteiger partial charge in [0.2, 0.25) is 11.9 Å². The third-order valence-corrected chi connectivity index (χ3v) is 6.24. The van der Waals surface area contributed by atoms with Crippen molar-refractivity contribution >= 4 is 29.1 Å². The Morgan fingerprint density at radius 1 is 1.10 bits per heavy atom. The fourth-order valence-electron chi connectivity index (χ4n) is 4.48. The molecule has 0 unspecified atom stereocenters. The Kier molecular flexibility index (Phi) is 5.05. The van der Waals surface area contributed by atoms with Crippen LogP contribution in [0.4, 0.5) is 11.6 Å². The summed E-state index contributed by atoms with van der Waals surface area (Å²) in [7, 11) is 0. The molecule has 4 heterocycles. The molecule has 2 aromatic heterocycles. The molecule has 0 bridgehead atoms. The second kappa shape index (κ2) is 8.02. The molecule has 0 atom stereocenters. The molecule has 160 valence electrons. The summed E-state index contributed by atoms with van der Waals surface area (Å²) in [5.41, 5.74) is 3.30. The number of hydrogen-bond donors (Lipinski definition) is 1. The van der Waals surface area contributed by atoms with Crippen LogP contribution < -0.4 is 15.1 Å². The van der Waals surface area contributed by atoms with E-state index in [1.807, 2.05) is 53.9 Å². The van der Waals surface area contributed by atoms with Crippen LogP contribution in [-0.2, 0) is 4.79 Å². The molecular formula is C23H26N6O2. The Labute approximate surface area is 180 Å². The lowest BCUT2D eigenvalue weighted by Gasteiger charge is -2.32. The van der Waals surface area contributed by atoms with Gasteiger partial charge >= 0.3 is 0 Å². The maximum atomic E-state index is 12.9. The van der Waals surface area contributed by atoms with Crippen LogP contribution in [0.1, 0.15) is 41.6 Å². The van der Waals surface area contributed by atoms with Gasteiger partial charge in [-0.2, -0.15) is 0 Å². The summed E-state index contributed by atoms with van der Waals surface area (Å²) in [6, 6.07) is 11.6. The molecule has 1 aromatic carbocycles. The van der Waals surface area contributed by atoms with Crippen LogP contribution >= 0.6 is 0 Å². The minimum Gasteiger partial charge on any atom is -0.349 e. The highest BCUT2D eigenvalue weighted by molar-refractivity contribution is 5.99. The van der Waals surface area contributed by atoms with Crippen LogP contribution in [0, 0.1) is 6.92 Å². The molecule has 1 N–H and O–H groups in total. The van der Waals surface area contributed by atoms with Crippen molar-refractivity contribution in [3.8, 4) is 0 Å². The predicted molar refractivity (Wildman–Crippen MR) is 118 cm³/mol. The van der Waals surface area contributed by atoms with Gasteiger partial charge in [0, 0.05) is 49.5 Å². The second-order valence-electron chi connectivity index (χ2n) is 8.31. The van der Waals surface area contributed by atoms with Crippen LogP contribution in [0.2, 0.25) is 0 Å². The third-order valence-electron chi connectivity index (χ3n) is 6.24. The van der Waals surface area contributed by atoms with Crippen LogP contribution in [0.25, 0.3) is 5.65 Å². The standard InChI is InChI=1S/C23H26N6O2/c1-16-7-8-17(15-19(16)28-12-4-6-21(28)30)22(31)24-18-9-13-27(14-10-18)23-26-25-20-5-2-3-11-29(20)23/h2-3,5,7-8,11,15,18H,4,6,9-10,12-14H2,1H3,(H,24,31). The number of piperidine rings is 1. The van der Waals surface area contributed by atoms with E-state index in [9.17, 15) is 9.59 Å². The first-order valence-electron chi connectivity index (χ1n) is 10.9. The lowest BCUT2D eigenvalue weighted by atomic mass is 10.0. The number of pyridine rings is 1. The van der Waals surface area contributed by atoms with E-state index in [1.54, 1.807) is 4.90 Å². The van der Waals surface area contributed by atoms with Crippen molar-refractivity contribution in [2.45, 2.75) is 38.6 Å². The number of aryl methyl sites for hydroxylation is 1. The van der Waals surface area contributed by atoms with Crippen LogP contribution in [-0.4, -0.2) is 52.1 Å². The summed E-state index contributed by atoms with van der Waals surface area (Å²) in [5.74, 6) is 0.896. The van der Waals surface area contributed by atoms with Crippen molar-refractivity contribution < 1.29 is 9.59 Å². The topological polar surface area (TPSA) is 82.8 Å². The third kappa shape index (κ3) is 3.73. The fraction of sp³-hybridized carbons (Fsp3) is 0.391. The highest BCUT2D eigenvalue weighted by Crippen LogP contribution is 2.26. The van der Waals surface area contributed by atoms with E-state index in [0.29, 0.717) is 12.0 Å². The molecule has 31 heavy (non-hydrogen) atoms. The maximum Gasteiger partial charge on any atom is 0.251 e. The summed E-state index contributed by atoms with van der Waals surface area (Å²) >= 11 is 0. The fourth-order valence-corrected chi connectivity index (χ4v) is 4.48. The van der Waals surface area contributed by atoms with Gasteiger partial charge in [0.05, 0.1) is 0 Å². The molecule has 2 aliphatic rings. The smallest absolute Gasteiger partial charge is 0.251 e. The molecule has 2 amide bonds. The van der Waals surface area contributed by atoms with Gasteiger partial charge in [0.15, 0.2) is 5.65 Å². The van der Waals surface area contributed by atoms with Crippen molar-refractivity contribution in [1.29, 1.82) is 0 Å². The number of carbonyl (C=O) groups is 2. The molecule has 0 aliphatic carbocycles. The maximum absolute atomic E-state index is 12.9. The number of aromatic nitrogens is 3. The van der Waals surface area contributed by atoms with Crippen LogP contribution in [0.15, 0.2) is 42.6 Å². The van der Waals surface area contributed by atoms with Gasteiger partial charge in [0.25, 0.3) is 5.91 Å². The zero-order chi connectivity index (χ0) is 21.4. The predicted octanol–water partition coefficient (Wildman–Crippen LogP) is 2.56. The zero-order valence-electron chi connectivity index (χ0n) is 17.6. The van der Waals surface area contributed by atoms with E-state index < -0.39 is 0 Å². The van der Waals surface area contributed by atoms with Crippen LogP contribution in [0.5, 0.6) is 0 Å². The van der Waals surface area contributed by atoms with Gasteiger partial charge in [-0.05, 0) is 56.0 Å². The average molecular weight is 419 g/mol. The number of nitrogens with one attached hydrogen (secondary N) is 1. The van der Waals surface area contributed by atoms with Gasteiger partial charge in [-0.1, -0.05) is 12.1 Å². The lowest BCUT2D eigenvalue weighted by molar-refractivity contribution is -0.117. The molecule has 5 rings (SSSR count). The molecule has 3 aromatic rings. The normalized spacial score (nSPS) is 17.5. The van der Waals surface area contributed by atoms with Crippen molar-refractivity contribution in [1.82, 2.24) is 19.9 Å². The summed E-state index contributed by atoms with van der Waals surface area (Å²) in [4.78, 5) is 29.1. The van der Waals surface area contributed by atoms with Crippen molar-refractivity contribution in [3.63, 3.8) is 0 Å². The first-order valence-corrected chi connectivity index (χ1v) is 10.9. The Morgan fingerprint density at radius 3 is 2.71 bits per heavy atom. The summed E-state index contributed by atoms with van der Waals surface area (Å²) in [6.07, 6.45) is 5.11. The van der Waals surface area contributed by atoms with E-state index in [1.165, 1.54) is 0 Å². The minimum atomic E-state index is -0.0840. The Balaban J connectivity index is 1.23. The number of amides is 2.